The van der Waals surface area contributed by atoms with Crippen molar-refractivity contribution in [3.05, 3.63) is 24.3 Å². The van der Waals surface area contributed by atoms with Crippen molar-refractivity contribution in [3.63, 3.8) is 0 Å². The summed E-state index contributed by atoms with van der Waals surface area (Å²) in [6.45, 7) is 8.80. The van der Waals surface area contributed by atoms with Crippen molar-refractivity contribution in [3.8, 4) is 0 Å². The summed E-state index contributed by atoms with van der Waals surface area (Å²) in [4.78, 5) is 19.2. The van der Waals surface area contributed by atoms with Crippen molar-refractivity contribution in [2.24, 2.45) is 0 Å². The van der Waals surface area contributed by atoms with Gasteiger partial charge in [-0.2, -0.15) is 4.98 Å². The molecular weight excluding hydrogens is 364 g/mol. The van der Waals surface area contributed by atoms with Crippen LogP contribution in [0.5, 0.6) is 0 Å². The molecule has 2 aliphatic heterocycles. The standard InChI is InChI=1S/C19H28N6O.ClH/c1-22-6-10-24(11-7-22)18-16-4-2-3-5-17(16)20-19(21-18)25-12-8-23(9-13-25)14-15-26;/h2-5,26H,6-15H2,1H3;1H/p-1. The Labute approximate surface area is 167 Å². The van der Waals surface area contributed by atoms with E-state index in [1.54, 1.807) is 0 Å². The second-order valence-electron chi connectivity index (χ2n) is 7.21. The lowest BCUT2D eigenvalue weighted by Crippen LogP contribution is -3.00. The van der Waals surface area contributed by atoms with E-state index in [9.17, 15) is 0 Å². The minimum absolute atomic E-state index is 0. The molecule has 0 amide bonds. The number of hydrogen-bond acceptors (Lipinski definition) is 7. The summed E-state index contributed by atoms with van der Waals surface area (Å²) in [6, 6.07) is 8.33. The van der Waals surface area contributed by atoms with Gasteiger partial charge in [0.2, 0.25) is 5.95 Å². The number of para-hydroxylation sites is 1. The first-order chi connectivity index (χ1) is 12.7. The predicted molar refractivity (Wildman–Crippen MR) is 105 cm³/mol. The van der Waals surface area contributed by atoms with Gasteiger partial charge < -0.3 is 32.2 Å². The molecule has 0 radical (unpaired) electrons. The fraction of sp³-hybridized carbons (Fsp3) is 0.579. The van der Waals surface area contributed by atoms with E-state index in [1.807, 2.05) is 6.07 Å². The first kappa shape index (κ1) is 20.1. The molecular formula is C19H28ClN6O-. The first-order valence-electron chi connectivity index (χ1n) is 9.53. The van der Waals surface area contributed by atoms with E-state index in [2.05, 4.69) is 44.8 Å². The molecule has 0 spiro atoms. The molecule has 0 atom stereocenters. The number of nitrogens with zero attached hydrogens (tertiary/aromatic N) is 6. The third-order valence-electron chi connectivity index (χ3n) is 5.45. The first-order valence-corrected chi connectivity index (χ1v) is 9.53. The van der Waals surface area contributed by atoms with Crippen molar-refractivity contribution in [2.45, 2.75) is 0 Å². The molecule has 2 fully saturated rings. The van der Waals surface area contributed by atoms with Crippen LogP contribution in [0.2, 0.25) is 0 Å². The third kappa shape index (κ3) is 4.43. The van der Waals surface area contributed by atoms with Gasteiger partial charge in [0.1, 0.15) is 5.82 Å². The maximum absolute atomic E-state index is 9.13. The average molecular weight is 392 g/mol. The SMILES string of the molecule is CN1CCN(c2nc(N3CCN(CCO)CC3)nc3ccccc23)CC1.[Cl-]. The minimum Gasteiger partial charge on any atom is -1.00 e. The molecule has 4 rings (SSSR count). The van der Waals surface area contributed by atoms with E-state index >= 15 is 0 Å². The lowest BCUT2D eigenvalue weighted by atomic mass is 10.2. The summed E-state index contributed by atoms with van der Waals surface area (Å²) < 4.78 is 0. The van der Waals surface area contributed by atoms with E-state index in [4.69, 9.17) is 15.1 Å². The highest BCUT2D eigenvalue weighted by atomic mass is 35.5. The molecule has 0 unspecified atom stereocenters. The number of aliphatic hydroxyl groups excluding tert-OH is 1. The summed E-state index contributed by atoms with van der Waals surface area (Å²) in [5.74, 6) is 1.90. The lowest BCUT2D eigenvalue weighted by molar-refractivity contribution is -0.00000657. The van der Waals surface area contributed by atoms with Crippen molar-refractivity contribution in [2.75, 3.05) is 82.4 Å². The number of rotatable bonds is 4. The van der Waals surface area contributed by atoms with Crippen LogP contribution in [-0.2, 0) is 0 Å². The number of benzene rings is 1. The molecule has 148 valence electrons. The van der Waals surface area contributed by atoms with Crippen LogP contribution in [-0.4, -0.2) is 97.4 Å². The zero-order chi connectivity index (χ0) is 17.9. The Morgan fingerprint density at radius 3 is 2.26 bits per heavy atom. The number of β-amino-alcohol motifs (C(OH)–C–C–N with tert-alkyl or cyclic N) is 1. The van der Waals surface area contributed by atoms with Crippen molar-refractivity contribution >= 4 is 22.7 Å². The van der Waals surface area contributed by atoms with Crippen LogP contribution >= 0.6 is 0 Å². The number of aromatic nitrogens is 2. The van der Waals surface area contributed by atoms with Gasteiger partial charge >= 0.3 is 0 Å². The quantitative estimate of drug-likeness (QED) is 0.618. The smallest absolute Gasteiger partial charge is 0.227 e. The Morgan fingerprint density at radius 1 is 0.889 bits per heavy atom. The number of halogens is 1. The van der Waals surface area contributed by atoms with Crippen molar-refractivity contribution < 1.29 is 17.5 Å². The summed E-state index contributed by atoms with van der Waals surface area (Å²) in [7, 11) is 2.17. The van der Waals surface area contributed by atoms with E-state index in [0.29, 0.717) is 0 Å². The van der Waals surface area contributed by atoms with E-state index in [1.165, 1.54) is 0 Å². The topological polar surface area (TPSA) is 59.0 Å². The molecule has 0 saturated carbocycles. The Balaban J connectivity index is 0.00000210. The van der Waals surface area contributed by atoms with Crippen LogP contribution in [0.4, 0.5) is 11.8 Å². The summed E-state index contributed by atoms with van der Waals surface area (Å²) in [5, 5.41) is 10.3. The molecule has 1 N–H and O–H groups in total. The molecule has 1 aromatic heterocycles. The molecule has 2 aliphatic rings. The highest BCUT2D eigenvalue weighted by Gasteiger charge is 2.23. The summed E-state index contributed by atoms with van der Waals surface area (Å²) >= 11 is 0. The number of likely N-dealkylation sites (N-methyl/N-ethyl adjacent to an activating group) is 1. The van der Waals surface area contributed by atoms with Gasteiger partial charge in [-0.05, 0) is 19.2 Å². The fourth-order valence-electron chi connectivity index (χ4n) is 3.76. The Kier molecular flexibility index (Phi) is 6.70. The number of aliphatic hydroxyl groups is 1. The maximum atomic E-state index is 9.13. The molecule has 0 aliphatic carbocycles. The number of piperazine rings is 2. The number of anilines is 2. The molecule has 2 saturated heterocycles. The molecule has 27 heavy (non-hydrogen) atoms. The Hall–Kier alpha value is -1.67. The molecule has 8 heteroatoms. The van der Waals surface area contributed by atoms with Gasteiger partial charge in [-0.15, -0.1) is 0 Å². The normalized spacial score (nSPS) is 19.3. The Bertz CT molecular complexity index is 744. The van der Waals surface area contributed by atoms with Crippen LogP contribution < -0.4 is 22.2 Å². The second kappa shape index (κ2) is 9.01. The number of fused-ring (bicyclic) bond motifs is 1. The van der Waals surface area contributed by atoms with Gasteiger partial charge in [-0.3, -0.25) is 4.90 Å². The van der Waals surface area contributed by atoms with Crippen LogP contribution in [0.15, 0.2) is 24.3 Å². The zero-order valence-corrected chi connectivity index (χ0v) is 16.6. The average Bonchev–Trinajstić information content (AvgIpc) is 2.69. The highest BCUT2D eigenvalue weighted by Crippen LogP contribution is 2.27. The maximum Gasteiger partial charge on any atom is 0.227 e. The lowest BCUT2D eigenvalue weighted by Gasteiger charge is -2.36. The second-order valence-corrected chi connectivity index (χ2v) is 7.21. The van der Waals surface area contributed by atoms with Crippen LogP contribution in [0, 0.1) is 0 Å². The molecule has 1 aromatic carbocycles. The monoisotopic (exact) mass is 391 g/mol. The predicted octanol–water partition coefficient (Wildman–Crippen LogP) is -2.50. The molecule has 0 bridgehead atoms. The van der Waals surface area contributed by atoms with Crippen LogP contribution in [0.3, 0.4) is 0 Å². The van der Waals surface area contributed by atoms with E-state index in [-0.39, 0.29) is 19.0 Å². The van der Waals surface area contributed by atoms with E-state index in [0.717, 1.165) is 81.6 Å². The van der Waals surface area contributed by atoms with Gasteiger partial charge in [0.05, 0.1) is 12.1 Å². The van der Waals surface area contributed by atoms with Gasteiger partial charge in [-0.1, -0.05) is 12.1 Å². The van der Waals surface area contributed by atoms with Crippen LogP contribution in [0.25, 0.3) is 10.9 Å². The van der Waals surface area contributed by atoms with Gasteiger partial charge in [-0.25, -0.2) is 4.98 Å². The van der Waals surface area contributed by atoms with Gasteiger partial charge in [0, 0.05) is 64.3 Å². The molecule has 2 aromatic rings. The van der Waals surface area contributed by atoms with Crippen molar-refractivity contribution in [1.82, 2.24) is 19.8 Å². The van der Waals surface area contributed by atoms with Gasteiger partial charge in [0.25, 0.3) is 0 Å². The fourth-order valence-corrected chi connectivity index (χ4v) is 3.76. The van der Waals surface area contributed by atoms with Crippen molar-refractivity contribution in [1.29, 1.82) is 0 Å². The Morgan fingerprint density at radius 2 is 1.56 bits per heavy atom. The zero-order valence-electron chi connectivity index (χ0n) is 15.9. The van der Waals surface area contributed by atoms with Gasteiger partial charge in [0.15, 0.2) is 0 Å². The third-order valence-corrected chi connectivity index (χ3v) is 5.45. The summed E-state index contributed by atoms with van der Waals surface area (Å²) in [5.41, 5.74) is 1.02. The number of hydrogen-bond donors (Lipinski definition) is 1. The molecule has 3 heterocycles. The van der Waals surface area contributed by atoms with Crippen LogP contribution in [0.1, 0.15) is 0 Å². The largest absolute Gasteiger partial charge is 1.00 e. The minimum atomic E-state index is 0. The molecule has 7 nitrogen and oxygen atoms in total. The highest BCUT2D eigenvalue weighted by molar-refractivity contribution is 5.90. The van der Waals surface area contributed by atoms with E-state index < -0.39 is 0 Å². The summed E-state index contributed by atoms with van der Waals surface area (Å²) in [6.07, 6.45) is 0.